The van der Waals surface area contributed by atoms with E-state index >= 15 is 0 Å². The van der Waals surface area contributed by atoms with Gasteiger partial charge in [0.15, 0.2) is 5.82 Å². The van der Waals surface area contributed by atoms with Crippen molar-refractivity contribution in [2.45, 2.75) is 44.1 Å². The van der Waals surface area contributed by atoms with Crippen molar-refractivity contribution >= 4 is 16.3 Å². The molecule has 0 bridgehead atoms. The SMILES string of the molecule is CC(O)(CN)Cc1nn2c(C3CCC3)nnc2s1. The fraction of sp³-hybridized carbons (Fsp3) is 0.727. The van der Waals surface area contributed by atoms with Crippen LogP contribution in [0.4, 0.5) is 0 Å². The molecule has 6 nitrogen and oxygen atoms in total. The lowest BCUT2D eigenvalue weighted by Crippen LogP contribution is -2.36. The highest BCUT2D eigenvalue weighted by Crippen LogP contribution is 2.35. The second kappa shape index (κ2) is 4.25. The maximum absolute atomic E-state index is 9.97. The van der Waals surface area contributed by atoms with Crippen molar-refractivity contribution in [3.05, 3.63) is 10.8 Å². The summed E-state index contributed by atoms with van der Waals surface area (Å²) in [6.07, 6.45) is 4.07. The predicted octanol–water partition coefficient (Wildman–Crippen LogP) is 0.705. The first-order chi connectivity index (χ1) is 8.59. The molecule has 0 spiro atoms. The summed E-state index contributed by atoms with van der Waals surface area (Å²) in [6, 6.07) is 0. The van der Waals surface area contributed by atoms with E-state index in [0.29, 0.717) is 12.3 Å². The third kappa shape index (κ3) is 2.02. The molecule has 0 aliphatic heterocycles. The molecular weight excluding hydrogens is 250 g/mol. The van der Waals surface area contributed by atoms with Gasteiger partial charge in [-0.3, -0.25) is 0 Å². The van der Waals surface area contributed by atoms with Crippen molar-refractivity contribution in [3.63, 3.8) is 0 Å². The van der Waals surface area contributed by atoms with Gasteiger partial charge in [-0.1, -0.05) is 17.8 Å². The third-order valence-electron chi connectivity index (χ3n) is 3.50. The van der Waals surface area contributed by atoms with Crippen LogP contribution < -0.4 is 5.73 Å². The van der Waals surface area contributed by atoms with Gasteiger partial charge in [0.1, 0.15) is 5.01 Å². The predicted molar refractivity (Wildman–Crippen MR) is 68.6 cm³/mol. The fourth-order valence-electron chi connectivity index (χ4n) is 2.06. The Hall–Kier alpha value is -1.05. The fourth-order valence-corrected chi connectivity index (χ4v) is 3.08. The minimum absolute atomic E-state index is 0.225. The number of hydrogen-bond acceptors (Lipinski definition) is 6. The summed E-state index contributed by atoms with van der Waals surface area (Å²) in [6.45, 7) is 1.95. The Labute approximate surface area is 109 Å². The molecule has 0 aromatic carbocycles. The number of nitrogens with zero attached hydrogens (tertiary/aromatic N) is 4. The first kappa shape index (κ1) is 12.0. The van der Waals surface area contributed by atoms with Crippen LogP contribution in [-0.4, -0.2) is 37.1 Å². The second-order valence-corrected chi connectivity index (χ2v) is 6.29. The highest BCUT2D eigenvalue weighted by atomic mass is 32.1. The molecule has 1 atom stereocenters. The van der Waals surface area contributed by atoms with Gasteiger partial charge in [-0.05, 0) is 19.8 Å². The Bertz CT molecular complexity index is 557. The van der Waals surface area contributed by atoms with E-state index in [9.17, 15) is 5.11 Å². The Morgan fingerprint density at radius 2 is 2.28 bits per heavy atom. The summed E-state index contributed by atoms with van der Waals surface area (Å²) in [5.74, 6) is 1.47. The second-order valence-electron chi connectivity index (χ2n) is 5.25. The highest BCUT2D eigenvalue weighted by molar-refractivity contribution is 7.16. The third-order valence-corrected chi connectivity index (χ3v) is 4.40. The van der Waals surface area contributed by atoms with E-state index in [1.165, 1.54) is 30.6 Å². The Morgan fingerprint density at radius 1 is 1.50 bits per heavy atom. The Morgan fingerprint density at radius 3 is 2.89 bits per heavy atom. The van der Waals surface area contributed by atoms with Crippen LogP contribution in [0.1, 0.15) is 42.9 Å². The molecule has 0 amide bonds. The van der Waals surface area contributed by atoms with Gasteiger partial charge in [-0.2, -0.15) is 9.61 Å². The highest BCUT2D eigenvalue weighted by Gasteiger charge is 2.27. The van der Waals surface area contributed by atoms with Gasteiger partial charge in [0.2, 0.25) is 4.96 Å². The molecular formula is C11H17N5OS. The van der Waals surface area contributed by atoms with Crippen molar-refractivity contribution in [2.75, 3.05) is 6.54 Å². The molecule has 1 aliphatic rings. The van der Waals surface area contributed by atoms with Crippen LogP contribution in [0.25, 0.3) is 4.96 Å². The van der Waals surface area contributed by atoms with Gasteiger partial charge >= 0.3 is 0 Å². The van der Waals surface area contributed by atoms with Crippen LogP contribution in [0.5, 0.6) is 0 Å². The number of aliphatic hydroxyl groups is 1. The molecule has 0 saturated heterocycles. The van der Waals surface area contributed by atoms with Gasteiger partial charge in [-0.15, -0.1) is 10.2 Å². The maximum Gasteiger partial charge on any atom is 0.234 e. The van der Waals surface area contributed by atoms with Crippen molar-refractivity contribution in [1.82, 2.24) is 19.8 Å². The van der Waals surface area contributed by atoms with Crippen molar-refractivity contribution in [2.24, 2.45) is 5.73 Å². The van der Waals surface area contributed by atoms with Crippen LogP contribution in [0.15, 0.2) is 0 Å². The van der Waals surface area contributed by atoms with Gasteiger partial charge in [-0.25, -0.2) is 0 Å². The molecule has 3 rings (SSSR count). The van der Waals surface area contributed by atoms with E-state index in [0.717, 1.165) is 15.8 Å². The molecule has 1 aliphatic carbocycles. The largest absolute Gasteiger partial charge is 0.388 e. The summed E-state index contributed by atoms with van der Waals surface area (Å²) in [5.41, 5.74) is 4.62. The summed E-state index contributed by atoms with van der Waals surface area (Å²) in [4.78, 5) is 0.805. The zero-order valence-electron chi connectivity index (χ0n) is 10.3. The van der Waals surface area contributed by atoms with Gasteiger partial charge in [0, 0.05) is 18.9 Å². The number of nitrogens with two attached hydrogens (primary N) is 1. The van der Waals surface area contributed by atoms with Crippen molar-refractivity contribution in [1.29, 1.82) is 0 Å². The first-order valence-electron chi connectivity index (χ1n) is 6.22. The van der Waals surface area contributed by atoms with Gasteiger partial charge < -0.3 is 10.8 Å². The monoisotopic (exact) mass is 267 g/mol. The topological polar surface area (TPSA) is 89.3 Å². The molecule has 1 unspecified atom stereocenters. The first-order valence-corrected chi connectivity index (χ1v) is 7.04. The van der Waals surface area contributed by atoms with Gasteiger partial charge in [0.25, 0.3) is 0 Å². The van der Waals surface area contributed by atoms with Crippen LogP contribution in [0.3, 0.4) is 0 Å². The Kier molecular flexibility index (Phi) is 2.84. The minimum Gasteiger partial charge on any atom is -0.388 e. The van der Waals surface area contributed by atoms with E-state index in [1.54, 1.807) is 6.92 Å². The van der Waals surface area contributed by atoms with E-state index < -0.39 is 5.60 Å². The zero-order chi connectivity index (χ0) is 12.8. The lowest BCUT2D eigenvalue weighted by atomic mass is 9.85. The standard InChI is InChI=1S/C11H17N5OS/c1-11(17,6-12)5-8-15-16-9(7-3-2-4-7)13-14-10(16)18-8/h7,17H,2-6,12H2,1H3. The van der Waals surface area contributed by atoms with E-state index in [2.05, 4.69) is 15.3 Å². The van der Waals surface area contributed by atoms with E-state index in [1.807, 2.05) is 4.52 Å². The molecule has 98 valence electrons. The van der Waals surface area contributed by atoms with Crippen LogP contribution >= 0.6 is 11.3 Å². The van der Waals surface area contributed by atoms with Crippen molar-refractivity contribution < 1.29 is 5.11 Å². The average molecular weight is 267 g/mol. The molecule has 3 N–H and O–H groups in total. The smallest absolute Gasteiger partial charge is 0.234 e. The lowest BCUT2D eigenvalue weighted by Gasteiger charge is -2.22. The van der Waals surface area contributed by atoms with Gasteiger partial charge in [0.05, 0.1) is 5.60 Å². The molecule has 1 saturated carbocycles. The number of fused-ring (bicyclic) bond motifs is 1. The molecule has 2 heterocycles. The number of aromatic nitrogens is 4. The van der Waals surface area contributed by atoms with Crippen molar-refractivity contribution in [3.8, 4) is 0 Å². The summed E-state index contributed by atoms with van der Waals surface area (Å²) in [5, 5.41) is 23.7. The quantitative estimate of drug-likeness (QED) is 0.851. The lowest BCUT2D eigenvalue weighted by molar-refractivity contribution is 0.0693. The zero-order valence-corrected chi connectivity index (χ0v) is 11.2. The number of hydrogen-bond donors (Lipinski definition) is 2. The summed E-state index contributed by atoms with van der Waals surface area (Å²) >= 11 is 1.48. The molecule has 18 heavy (non-hydrogen) atoms. The van der Waals surface area contributed by atoms with E-state index in [-0.39, 0.29) is 6.54 Å². The van der Waals surface area contributed by atoms with E-state index in [4.69, 9.17) is 5.73 Å². The Balaban J connectivity index is 1.89. The van der Waals surface area contributed by atoms with Crippen LogP contribution in [-0.2, 0) is 6.42 Å². The average Bonchev–Trinajstić information content (AvgIpc) is 2.77. The maximum atomic E-state index is 9.97. The van der Waals surface area contributed by atoms with Crippen LogP contribution in [0, 0.1) is 0 Å². The molecule has 7 heteroatoms. The molecule has 2 aromatic rings. The normalized spacial score (nSPS) is 19.9. The molecule has 1 fully saturated rings. The number of rotatable bonds is 4. The summed E-state index contributed by atoms with van der Waals surface area (Å²) < 4.78 is 1.83. The summed E-state index contributed by atoms with van der Waals surface area (Å²) in [7, 11) is 0. The van der Waals surface area contributed by atoms with Crippen LogP contribution in [0.2, 0.25) is 0 Å². The molecule has 2 aromatic heterocycles. The minimum atomic E-state index is -0.903. The molecule has 0 radical (unpaired) electrons.